The highest BCUT2D eigenvalue weighted by atomic mass is 16.4. The number of nitrogens with zero attached hydrogens (tertiary/aromatic N) is 1. The number of carbonyl (C=O) groups excluding carboxylic acids is 1. The maximum Gasteiger partial charge on any atom is 0.319 e. The standard InChI is InChI=1S/C19H29N3O3/c1-5-22(12-17(23)24)16-10-15(11-16)21-18(25)20-14-8-6-13(7-9-14)19(2,3)4/h6-9,15-16H,5,10-12H2,1-4H3,(H,23,24)(H2,20,21,25). The zero-order chi connectivity index (χ0) is 18.6. The molecule has 1 fully saturated rings. The molecule has 25 heavy (non-hydrogen) atoms. The Kier molecular flexibility index (Phi) is 6.06. The van der Waals surface area contributed by atoms with Gasteiger partial charge in [-0.3, -0.25) is 9.69 Å². The summed E-state index contributed by atoms with van der Waals surface area (Å²) in [4.78, 5) is 24.9. The minimum Gasteiger partial charge on any atom is -0.480 e. The predicted molar refractivity (Wildman–Crippen MR) is 99.0 cm³/mol. The van der Waals surface area contributed by atoms with Crippen LogP contribution in [0.3, 0.4) is 0 Å². The molecule has 1 saturated carbocycles. The van der Waals surface area contributed by atoms with Crippen LogP contribution in [0.25, 0.3) is 0 Å². The van der Waals surface area contributed by atoms with E-state index < -0.39 is 5.97 Å². The van der Waals surface area contributed by atoms with E-state index in [9.17, 15) is 9.59 Å². The van der Waals surface area contributed by atoms with Gasteiger partial charge in [0, 0.05) is 17.8 Å². The third-order valence-electron chi connectivity index (χ3n) is 4.72. The summed E-state index contributed by atoms with van der Waals surface area (Å²) in [5.41, 5.74) is 2.07. The molecular formula is C19H29N3O3. The summed E-state index contributed by atoms with van der Waals surface area (Å²) in [5, 5.41) is 14.7. The molecule has 6 nitrogen and oxygen atoms in total. The van der Waals surface area contributed by atoms with Gasteiger partial charge in [-0.25, -0.2) is 4.79 Å². The Morgan fingerprint density at radius 1 is 1.20 bits per heavy atom. The molecule has 1 aromatic rings. The molecule has 0 bridgehead atoms. The van der Waals surface area contributed by atoms with Crippen LogP contribution < -0.4 is 10.6 Å². The van der Waals surface area contributed by atoms with Crippen molar-refractivity contribution in [2.45, 2.75) is 58.0 Å². The Morgan fingerprint density at radius 3 is 2.28 bits per heavy atom. The summed E-state index contributed by atoms with van der Waals surface area (Å²) in [6, 6.07) is 8.00. The molecule has 1 aliphatic rings. The minimum absolute atomic E-state index is 0.0558. The number of anilines is 1. The monoisotopic (exact) mass is 347 g/mol. The Balaban J connectivity index is 1.77. The third-order valence-corrected chi connectivity index (χ3v) is 4.72. The normalized spacial score (nSPS) is 20.0. The summed E-state index contributed by atoms with van der Waals surface area (Å²) < 4.78 is 0. The molecule has 6 heteroatoms. The number of hydrogen-bond acceptors (Lipinski definition) is 3. The van der Waals surface area contributed by atoms with Crippen molar-refractivity contribution in [3.63, 3.8) is 0 Å². The Hall–Kier alpha value is -2.08. The van der Waals surface area contributed by atoms with E-state index in [0.717, 1.165) is 18.5 Å². The molecule has 2 amide bonds. The molecule has 2 rings (SSSR count). The van der Waals surface area contributed by atoms with Crippen molar-refractivity contribution >= 4 is 17.7 Å². The molecule has 0 atom stereocenters. The second-order valence-electron chi connectivity index (χ2n) is 7.70. The van der Waals surface area contributed by atoms with Crippen molar-refractivity contribution in [2.24, 2.45) is 0 Å². The highest BCUT2D eigenvalue weighted by Crippen LogP contribution is 2.26. The van der Waals surface area contributed by atoms with Gasteiger partial charge in [0.2, 0.25) is 0 Å². The number of amides is 2. The molecule has 1 aliphatic carbocycles. The zero-order valence-corrected chi connectivity index (χ0v) is 15.5. The fourth-order valence-corrected chi connectivity index (χ4v) is 3.08. The predicted octanol–water partition coefficient (Wildman–Crippen LogP) is 3.04. The Labute approximate surface area is 149 Å². The van der Waals surface area contributed by atoms with Crippen LogP contribution in [0.4, 0.5) is 10.5 Å². The lowest BCUT2D eigenvalue weighted by Gasteiger charge is -2.42. The van der Waals surface area contributed by atoms with Crippen LogP contribution in [0.15, 0.2) is 24.3 Å². The van der Waals surface area contributed by atoms with Crippen molar-refractivity contribution in [3.8, 4) is 0 Å². The topological polar surface area (TPSA) is 81.7 Å². The molecule has 0 heterocycles. The first-order valence-electron chi connectivity index (χ1n) is 8.83. The van der Waals surface area contributed by atoms with E-state index in [4.69, 9.17) is 5.11 Å². The van der Waals surface area contributed by atoms with E-state index in [2.05, 4.69) is 31.4 Å². The van der Waals surface area contributed by atoms with Crippen LogP contribution in [0.1, 0.15) is 46.1 Å². The Morgan fingerprint density at radius 2 is 1.80 bits per heavy atom. The van der Waals surface area contributed by atoms with Crippen LogP contribution in [0, 0.1) is 0 Å². The van der Waals surface area contributed by atoms with Crippen LogP contribution in [0.2, 0.25) is 0 Å². The van der Waals surface area contributed by atoms with Gasteiger partial charge in [0.25, 0.3) is 0 Å². The zero-order valence-electron chi connectivity index (χ0n) is 15.5. The van der Waals surface area contributed by atoms with E-state index in [0.29, 0.717) is 6.54 Å². The van der Waals surface area contributed by atoms with Gasteiger partial charge in [-0.05, 0) is 42.5 Å². The van der Waals surface area contributed by atoms with Crippen LogP contribution in [-0.4, -0.2) is 47.2 Å². The highest BCUT2D eigenvalue weighted by Gasteiger charge is 2.34. The Bertz CT molecular complexity index is 601. The summed E-state index contributed by atoms with van der Waals surface area (Å²) >= 11 is 0. The van der Waals surface area contributed by atoms with Gasteiger partial charge < -0.3 is 15.7 Å². The van der Waals surface area contributed by atoms with Gasteiger partial charge in [0.1, 0.15) is 0 Å². The fourth-order valence-electron chi connectivity index (χ4n) is 3.08. The number of likely N-dealkylation sites (N-methyl/N-ethyl adjacent to an activating group) is 1. The van der Waals surface area contributed by atoms with Gasteiger partial charge in [-0.2, -0.15) is 0 Å². The number of benzene rings is 1. The number of carbonyl (C=O) groups is 2. The van der Waals surface area contributed by atoms with Gasteiger partial charge >= 0.3 is 12.0 Å². The fraction of sp³-hybridized carbons (Fsp3) is 0.579. The van der Waals surface area contributed by atoms with Crippen molar-refractivity contribution in [1.29, 1.82) is 0 Å². The number of nitrogens with one attached hydrogen (secondary N) is 2. The van der Waals surface area contributed by atoms with Crippen molar-refractivity contribution in [2.75, 3.05) is 18.4 Å². The lowest BCUT2D eigenvalue weighted by molar-refractivity contribution is -0.139. The average Bonchev–Trinajstić information content (AvgIpc) is 2.48. The summed E-state index contributed by atoms with van der Waals surface area (Å²) in [5.74, 6) is -0.810. The van der Waals surface area contributed by atoms with Gasteiger partial charge in [-0.1, -0.05) is 39.8 Å². The van der Waals surface area contributed by atoms with Crippen LogP contribution >= 0.6 is 0 Å². The number of rotatable bonds is 6. The van der Waals surface area contributed by atoms with Crippen molar-refractivity contribution < 1.29 is 14.7 Å². The maximum absolute atomic E-state index is 12.1. The molecule has 0 saturated heterocycles. The van der Waals surface area contributed by atoms with E-state index in [1.165, 1.54) is 5.56 Å². The lowest BCUT2D eigenvalue weighted by Crippen LogP contribution is -2.55. The maximum atomic E-state index is 12.1. The first-order chi connectivity index (χ1) is 11.7. The van der Waals surface area contributed by atoms with E-state index in [1.807, 2.05) is 36.1 Å². The highest BCUT2D eigenvalue weighted by molar-refractivity contribution is 5.89. The van der Waals surface area contributed by atoms with E-state index in [-0.39, 0.29) is 30.1 Å². The van der Waals surface area contributed by atoms with Crippen LogP contribution in [-0.2, 0) is 10.2 Å². The SMILES string of the molecule is CCN(CC(=O)O)C1CC(NC(=O)Nc2ccc(C(C)(C)C)cc2)C1. The number of urea groups is 1. The molecule has 138 valence electrons. The molecule has 0 aromatic heterocycles. The van der Waals surface area contributed by atoms with E-state index >= 15 is 0 Å². The molecular weight excluding hydrogens is 318 g/mol. The second kappa shape index (κ2) is 7.87. The summed E-state index contributed by atoms with van der Waals surface area (Å²) in [6.07, 6.45) is 1.58. The molecule has 0 unspecified atom stereocenters. The molecule has 1 aromatic carbocycles. The van der Waals surface area contributed by atoms with Crippen LogP contribution in [0.5, 0.6) is 0 Å². The van der Waals surface area contributed by atoms with Gasteiger partial charge in [0.05, 0.1) is 6.54 Å². The first-order valence-corrected chi connectivity index (χ1v) is 8.83. The average molecular weight is 347 g/mol. The van der Waals surface area contributed by atoms with Gasteiger partial charge in [-0.15, -0.1) is 0 Å². The number of carboxylic acids is 1. The molecule has 3 N–H and O–H groups in total. The molecule has 0 radical (unpaired) electrons. The van der Waals surface area contributed by atoms with E-state index in [1.54, 1.807) is 0 Å². The molecule has 0 aliphatic heterocycles. The smallest absolute Gasteiger partial charge is 0.319 e. The summed E-state index contributed by atoms with van der Waals surface area (Å²) in [6.45, 7) is 9.17. The lowest BCUT2D eigenvalue weighted by atomic mass is 9.85. The van der Waals surface area contributed by atoms with Crippen molar-refractivity contribution in [3.05, 3.63) is 29.8 Å². The third kappa shape index (κ3) is 5.46. The molecule has 0 spiro atoms. The second-order valence-corrected chi connectivity index (χ2v) is 7.70. The quantitative estimate of drug-likeness (QED) is 0.739. The number of hydrogen-bond donors (Lipinski definition) is 3. The minimum atomic E-state index is -0.810. The number of aliphatic carboxylic acids is 1. The number of carboxylic acid groups (broad SMARTS) is 1. The van der Waals surface area contributed by atoms with Gasteiger partial charge in [0.15, 0.2) is 0 Å². The first kappa shape index (κ1) is 19.2. The summed E-state index contributed by atoms with van der Waals surface area (Å²) in [7, 11) is 0. The van der Waals surface area contributed by atoms with Crippen molar-refractivity contribution in [1.82, 2.24) is 10.2 Å². The largest absolute Gasteiger partial charge is 0.480 e.